The molecule has 94 valence electrons. The van der Waals surface area contributed by atoms with Gasteiger partial charge in [0.25, 0.3) is 0 Å². The van der Waals surface area contributed by atoms with Crippen molar-refractivity contribution in [2.45, 2.75) is 6.54 Å². The van der Waals surface area contributed by atoms with E-state index >= 15 is 0 Å². The van der Waals surface area contributed by atoms with E-state index in [9.17, 15) is 4.79 Å². The molecule has 1 heterocycles. The normalized spacial score (nSPS) is 10.1. The van der Waals surface area contributed by atoms with Crippen molar-refractivity contribution < 1.29 is 14.4 Å². The molecule has 0 amide bonds. The third kappa shape index (κ3) is 3.28. The minimum atomic E-state index is -0.487. The number of nitrogens with zero attached hydrogens (tertiary/aromatic N) is 1. The number of rotatable bonds is 5. The Kier molecular flexibility index (Phi) is 4.27. The molecule has 0 saturated heterocycles. The van der Waals surface area contributed by atoms with Gasteiger partial charge in [0.15, 0.2) is 5.69 Å². The first-order valence-electron chi connectivity index (χ1n) is 5.25. The van der Waals surface area contributed by atoms with Crippen LogP contribution in [0.15, 0.2) is 35.2 Å². The molecule has 0 atom stereocenters. The van der Waals surface area contributed by atoms with Crippen LogP contribution in [-0.2, 0) is 11.4 Å². The Hall–Kier alpha value is -1.92. The summed E-state index contributed by atoms with van der Waals surface area (Å²) in [5, 5.41) is 1.63. The van der Waals surface area contributed by atoms with Gasteiger partial charge in [0.2, 0.25) is 0 Å². The predicted octanol–water partition coefficient (Wildman–Crippen LogP) is 2.01. The molecule has 0 fully saturated rings. The fourth-order valence-corrected chi connectivity index (χ4v) is 1.85. The van der Waals surface area contributed by atoms with Crippen molar-refractivity contribution in [2.75, 3.05) is 7.11 Å². The topological polar surface area (TPSA) is 60.5 Å². The Morgan fingerprint density at radius 3 is 3.11 bits per heavy atom. The van der Waals surface area contributed by atoms with Crippen molar-refractivity contribution in [3.05, 3.63) is 46.4 Å². The molecule has 5 nitrogen and oxygen atoms in total. The summed E-state index contributed by atoms with van der Waals surface area (Å²) in [5.41, 5.74) is 5.45. The van der Waals surface area contributed by atoms with Crippen molar-refractivity contribution in [3.8, 4) is 5.75 Å². The highest BCUT2D eigenvalue weighted by atomic mass is 32.1. The van der Waals surface area contributed by atoms with Gasteiger partial charge >= 0.3 is 5.97 Å². The van der Waals surface area contributed by atoms with E-state index in [0.29, 0.717) is 12.2 Å². The fraction of sp³-hybridized carbons (Fsp3) is 0.167. The van der Waals surface area contributed by atoms with Crippen LogP contribution in [0.25, 0.3) is 0 Å². The van der Waals surface area contributed by atoms with E-state index in [2.05, 4.69) is 10.5 Å². The smallest absolute Gasteiger partial charge is 0.376 e. The van der Waals surface area contributed by atoms with E-state index < -0.39 is 5.97 Å². The van der Waals surface area contributed by atoms with E-state index in [1.165, 1.54) is 11.3 Å². The summed E-state index contributed by atoms with van der Waals surface area (Å²) in [6.45, 7) is 0.410. The molecule has 0 spiro atoms. The van der Waals surface area contributed by atoms with Crippen LogP contribution >= 0.6 is 11.3 Å². The molecule has 18 heavy (non-hydrogen) atoms. The van der Waals surface area contributed by atoms with Crippen LogP contribution in [0, 0.1) is 0 Å². The summed E-state index contributed by atoms with van der Waals surface area (Å²) < 4.78 is 5.10. The zero-order valence-corrected chi connectivity index (χ0v) is 10.6. The standard InChI is InChI=1S/C12H12N2O3S/c1-16-10-4-2-3-9(5-10)6-14-17-12(15)11-7-18-8-13-11/h2-5,7-8,14H,6H2,1H3. The van der Waals surface area contributed by atoms with Crippen molar-refractivity contribution in [1.82, 2.24) is 10.5 Å². The van der Waals surface area contributed by atoms with Crippen LogP contribution in [0.2, 0.25) is 0 Å². The molecule has 2 rings (SSSR count). The Bertz CT molecular complexity index is 514. The minimum Gasteiger partial charge on any atom is -0.497 e. The Morgan fingerprint density at radius 2 is 2.39 bits per heavy atom. The lowest BCUT2D eigenvalue weighted by atomic mass is 10.2. The van der Waals surface area contributed by atoms with Crippen LogP contribution in [0.3, 0.4) is 0 Å². The molecule has 0 aliphatic carbocycles. The second-order valence-electron chi connectivity index (χ2n) is 3.44. The van der Waals surface area contributed by atoms with E-state index in [-0.39, 0.29) is 0 Å². The molecule has 0 aliphatic rings. The first kappa shape index (κ1) is 12.5. The van der Waals surface area contributed by atoms with Gasteiger partial charge in [-0.1, -0.05) is 12.1 Å². The van der Waals surface area contributed by atoms with E-state index in [1.807, 2.05) is 24.3 Å². The number of hydroxylamine groups is 1. The van der Waals surface area contributed by atoms with Gasteiger partial charge in [0.1, 0.15) is 5.75 Å². The number of nitrogens with one attached hydrogen (secondary N) is 1. The highest BCUT2D eigenvalue weighted by Gasteiger charge is 2.08. The van der Waals surface area contributed by atoms with Gasteiger partial charge < -0.3 is 9.57 Å². The predicted molar refractivity (Wildman–Crippen MR) is 67.4 cm³/mol. The average Bonchev–Trinajstić information content (AvgIpc) is 2.93. The molecule has 2 aromatic rings. The number of ether oxygens (including phenoxy) is 1. The summed E-state index contributed by atoms with van der Waals surface area (Å²) in [4.78, 5) is 20.2. The summed E-state index contributed by atoms with van der Waals surface area (Å²) in [6, 6.07) is 7.50. The molecular weight excluding hydrogens is 252 g/mol. The van der Waals surface area contributed by atoms with E-state index in [0.717, 1.165) is 11.3 Å². The van der Waals surface area contributed by atoms with Gasteiger partial charge in [-0.2, -0.15) is 0 Å². The summed E-state index contributed by atoms with van der Waals surface area (Å²) in [6.07, 6.45) is 0. The molecular formula is C12H12N2O3S. The molecule has 1 aromatic carbocycles. The summed E-state index contributed by atoms with van der Waals surface area (Å²) in [5.74, 6) is 0.277. The van der Waals surface area contributed by atoms with Crippen LogP contribution in [0.1, 0.15) is 16.1 Å². The van der Waals surface area contributed by atoms with Crippen LogP contribution in [0.5, 0.6) is 5.75 Å². The lowest BCUT2D eigenvalue weighted by Crippen LogP contribution is -2.19. The molecule has 6 heteroatoms. The maximum absolute atomic E-state index is 11.5. The van der Waals surface area contributed by atoms with Crippen molar-refractivity contribution >= 4 is 17.3 Å². The molecule has 1 aromatic heterocycles. The van der Waals surface area contributed by atoms with Gasteiger partial charge in [-0.3, -0.25) is 0 Å². The van der Waals surface area contributed by atoms with E-state index in [4.69, 9.17) is 9.57 Å². The zero-order chi connectivity index (χ0) is 12.8. The number of hydrogen-bond acceptors (Lipinski definition) is 6. The quantitative estimate of drug-likeness (QED) is 0.837. The zero-order valence-electron chi connectivity index (χ0n) is 9.75. The minimum absolute atomic E-state index is 0.304. The number of carbonyl (C=O) groups excluding carboxylic acids is 1. The second kappa shape index (κ2) is 6.13. The van der Waals surface area contributed by atoms with Gasteiger partial charge in [0.05, 0.1) is 19.2 Å². The Labute approximate surface area is 108 Å². The van der Waals surface area contributed by atoms with Crippen molar-refractivity contribution in [3.63, 3.8) is 0 Å². The summed E-state index contributed by atoms with van der Waals surface area (Å²) in [7, 11) is 1.61. The molecule has 0 unspecified atom stereocenters. The number of methoxy groups -OCH3 is 1. The monoisotopic (exact) mass is 264 g/mol. The Balaban J connectivity index is 1.83. The van der Waals surface area contributed by atoms with Crippen LogP contribution < -0.4 is 10.2 Å². The maximum Gasteiger partial charge on any atom is 0.376 e. The first-order chi connectivity index (χ1) is 8.79. The highest BCUT2D eigenvalue weighted by Crippen LogP contribution is 2.12. The van der Waals surface area contributed by atoms with Crippen LogP contribution in [-0.4, -0.2) is 18.1 Å². The third-order valence-electron chi connectivity index (χ3n) is 2.22. The van der Waals surface area contributed by atoms with Gasteiger partial charge in [0, 0.05) is 5.38 Å². The van der Waals surface area contributed by atoms with Crippen LogP contribution in [0.4, 0.5) is 0 Å². The number of benzene rings is 1. The van der Waals surface area contributed by atoms with Gasteiger partial charge in [-0.05, 0) is 17.7 Å². The number of carbonyl (C=O) groups is 1. The van der Waals surface area contributed by atoms with Crippen molar-refractivity contribution in [1.29, 1.82) is 0 Å². The molecule has 0 aliphatic heterocycles. The SMILES string of the molecule is COc1cccc(CNOC(=O)c2cscn2)c1. The molecule has 0 saturated carbocycles. The number of hydrogen-bond donors (Lipinski definition) is 1. The average molecular weight is 264 g/mol. The second-order valence-corrected chi connectivity index (χ2v) is 4.15. The molecule has 1 N–H and O–H groups in total. The number of aromatic nitrogens is 1. The molecule has 0 bridgehead atoms. The molecule has 0 radical (unpaired) electrons. The lowest BCUT2D eigenvalue weighted by Gasteiger charge is -2.06. The third-order valence-corrected chi connectivity index (χ3v) is 2.80. The van der Waals surface area contributed by atoms with Gasteiger partial charge in [-0.25, -0.2) is 9.78 Å². The van der Waals surface area contributed by atoms with E-state index in [1.54, 1.807) is 18.0 Å². The lowest BCUT2D eigenvalue weighted by molar-refractivity contribution is 0.0231. The fourth-order valence-electron chi connectivity index (χ4n) is 1.33. The first-order valence-corrected chi connectivity index (χ1v) is 6.19. The Morgan fingerprint density at radius 1 is 1.50 bits per heavy atom. The van der Waals surface area contributed by atoms with Gasteiger partial charge in [-0.15, -0.1) is 16.8 Å². The largest absolute Gasteiger partial charge is 0.497 e. The highest BCUT2D eigenvalue weighted by molar-refractivity contribution is 7.07. The number of thiazole rings is 1. The maximum atomic E-state index is 11.5. The summed E-state index contributed by atoms with van der Waals surface area (Å²) >= 11 is 1.35. The van der Waals surface area contributed by atoms with Crippen molar-refractivity contribution in [2.24, 2.45) is 0 Å².